The fraction of sp³-hybridized carbons (Fsp3) is 0.0952. The van der Waals surface area contributed by atoms with Crippen LogP contribution in [0.25, 0.3) is 0 Å². The quantitative estimate of drug-likeness (QED) is 0.380. The minimum absolute atomic E-state index is 0.0181. The van der Waals surface area contributed by atoms with E-state index in [-0.39, 0.29) is 17.1 Å². The van der Waals surface area contributed by atoms with Crippen molar-refractivity contribution in [3.05, 3.63) is 76.3 Å². The second-order valence-corrected chi connectivity index (χ2v) is 6.75. The van der Waals surface area contributed by atoms with Crippen LogP contribution in [0.4, 0.5) is 5.69 Å². The Bertz CT molecular complexity index is 1120. The Labute approximate surface area is 159 Å². The van der Waals surface area contributed by atoms with Gasteiger partial charge in [0.15, 0.2) is 5.60 Å². The maximum Gasteiger partial charge on any atom is 0.340 e. The molecule has 0 saturated heterocycles. The van der Waals surface area contributed by atoms with Gasteiger partial charge < -0.3 is 30.5 Å². The second kappa shape index (κ2) is 5.40. The zero-order chi connectivity index (χ0) is 19.6. The number of ether oxygens (including phenoxy) is 2. The number of rotatable bonds is 1. The van der Waals surface area contributed by atoms with Crippen LogP contribution in [-0.4, -0.2) is 21.3 Å². The third-order valence-corrected chi connectivity index (χ3v) is 5.25. The number of phenols is 2. The van der Waals surface area contributed by atoms with Crippen molar-refractivity contribution < 1.29 is 29.6 Å². The van der Waals surface area contributed by atoms with Crippen LogP contribution >= 0.6 is 0 Å². The molecular weight excluding hydrogens is 362 g/mol. The number of anilines is 1. The molecule has 2 heterocycles. The number of hydrogen-bond donors (Lipinski definition) is 4. The summed E-state index contributed by atoms with van der Waals surface area (Å²) >= 11 is 0. The van der Waals surface area contributed by atoms with Gasteiger partial charge in [-0.15, -0.1) is 0 Å². The molecule has 1 spiro atoms. The van der Waals surface area contributed by atoms with Crippen molar-refractivity contribution in [1.82, 2.24) is 0 Å². The molecule has 0 bridgehead atoms. The number of benzene rings is 3. The topological polar surface area (TPSA) is 122 Å². The molecule has 0 radical (unpaired) electrons. The summed E-state index contributed by atoms with van der Waals surface area (Å²) in [6.07, 6.45) is 0. The highest BCUT2D eigenvalue weighted by Gasteiger charge is 2.54. The lowest BCUT2D eigenvalue weighted by molar-refractivity contribution is 0.0223. The van der Waals surface area contributed by atoms with E-state index in [1.54, 1.807) is 24.3 Å². The van der Waals surface area contributed by atoms with Gasteiger partial charge in [-0.2, -0.15) is 0 Å². The molecule has 28 heavy (non-hydrogen) atoms. The van der Waals surface area contributed by atoms with Crippen LogP contribution in [0.5, 0.6) is 23.0 Å². The standard InChI is InChI=1S/C21H15NO6/c22-16-6-5-15-19(12(16)9-23)20(26)28-21(15)13-3-1-10(24)7-17(13)27-18-8-11(25)2-4-14(18)21/h1-8,23-25H,9,22H2. The average Bonchev–Trinajstić information content (AvgIpc) is 2.94. The van der Waals surface area contributed by atoms with Gasteiger partial charge >= 0.3 is 5.97 Å². The van der Waals surface area contributed by atoms with Crippen LogP contribution in [0.3, 0.4) is 0 Å². The number of hydrogen-bond acceptors (Lipinski definition) is 7. The van der Waals surface area contributed by atoms with Crippen LogP contribution in [0.15, 0.2) is 48.5 Å². The first kappa shape index (κ1) is 16.5. The third kappa shape index (κ3) is 1.93. The van der Waals surface area contributed by atoms with Crippen molar-refractivity contribution in [3.63, 3.8) is 0 Å². The monoisotopic (exact) mass is 377 g/mol. The van der Waals surface area contributed by atoms with E-state index in [0.717, 1.165) is 0 Å². The van der Waals surface area contributed by atoms with Crippen LogP contribution in [0.2, 0.25) is 0 Å². The molecule has 3 aromatic carbocycles. The Hall–Kier alpha value is -3.71. The van der Waals surface area contributed by atoms with Crippen LogP contribution in [-0.2, 0) is 16.9 Å². The summed E-state index contributed by atoms with van der Waals surface area (Å²) in [5.41, 5.74) is 6.95. The molecule has 0 unspecified atom stereocenters. The summed E-state index contributed by atoms with van der Waals surface area (Å²) in [5.74, 6) is -0.0700. The van der Waals surface area contributed by atoms with E-state index in [0.29, 0.717) is 39.4 Å². The molecule has 0 saturated carbocycles. The van der Waals surface area contributed by atoms with Crippen molar-refractivity contribution in [2.24, 2.45) is 0 Å². The molecule has 0 fully saturated rings. The summed E-state index contributed by atoms with van der Waals surface area (Å²) in [5, 5.41) is 29.6. The average molecular weight is 377 g/mol. The molecule has 7 nitrogen and oxygen atoms in total. The predicted molar refractivity (Wildman–Crippen MR) is 98.4 cm³/mol. The lowest BCUT2D eigenvalue weighted by Gasteiger charge is -2.36. The molecule has 0 atom stereocenters. The van der Waals surface area contributed by atoms with Crippen LogP contribution < -0.4 is 10.5 Å². The molecule has 0 aliphatic carbocycles. The highest BCUT2D eigenvalue weighted by molar-refractivity contribution is 5.99. The van der Waals surface area contributed by atoms with E-state index >= 15 is 0 Å². The summed E-state index contributed by atoms with van der Waals surface area (Å²) < 4.78 is 11.8. The third-order valence-electron chi connectivity index (χ3n) is 5.25. The van der Waals surface area contributed by atoms with Gasteiger partial charge in [-0.1, -0.05) is 6.07 Å². The second-order valence-electron chi connectivity index (χ2n) is 6.75. The largest absolute Gasteiger partial charge is 0.508 e. The molecule has 2 aliphatic heterocycles. The number of carbonyl (C=O) groups excluding carboxylic acids is 1. The summed E-state index contributed by atoms with van der Waals surface area (Å²) in [6, 6.07) is 12.3. The lowest BCUT2D eigenvalue weighted by Crippen LogP contribution is -2.32. The number of esters is 1. The Balaban J connectivity index is 1.91. The normalized spacial score (nSPS) is 15.4. The maximum atomic E-state index is 12.9. The molecule has 0 aromatic heterocycles. The Morgan fingerprint density at radius 2 is 1.46 bits per heavy atom. The van der Waals surface area contributed by atoms with Gasteiger partial charge in [0.05, 0.1) is 12.2 Å². The Morgan fingerprint density at radius 1 is 0.893 bits per heavy atom. The highest BCUT2D eigenvalue weighted by atomic mass is 16.6. The van der Waals surface area contributed by atoms with Gasteiger partial charge in [-0.25, -0.2) is 4.79 Å². The number of aromatic hydroxyl groups is 2. The number of fused-ring (bicyclic) bond motifs is 6. The molecule has 2 aliphatic rings. The van der Waals surface area contributed by atoms with Crippen molar-refractivity contribution in [3.8, 4) is 23.0 Å². The smallest absolute Gasteiger partial charge is 0.340 e. The van der Waals surface area contributed by atoms with Crippen molar-refractivity contribution in [2.45, 2.75) is 12.2 Å². The molecular formula is C21H15NO6. The van der Waals surface area contributed by atoms with Crippen molar-refractivity contribution in [1.29, 1.82) is 0 Å². The van der Waals surface area contributed by atoms with Crippen LogP contribution in [0.1, 0.15) is 32.6 Å². The van der Waals surface area contributed by atoms with Crippen molar-refractivity contribution in [2.75, 3.05) is 5.73 Å². The van der Waals surface area contributed by atoms with Gasteiger partial charge in [0.2, 0.25) is 0 Å². The maximum absolute atomic E-state index is 12.9. The lowest BCUT2D eigenvalue weighted by atomic mass is 9.77. The van der Waals surface area contributed by atoms with E-state index in [1.807, 2.05) is 0 Å². The van der Waals surface area contributed by atoms with Gasteiger partial charge in [0.1, 0.15) is 23.0 Å². The van der Waals surface area contributed by atoms with Gasteiger partial charge in [0, 0.05) is 40.1 Å². The molecule has 5 N–H and O–H groups in total. The summed E-state index contributed by atoms with van der Waals surface area (Å²) in [6.45, 7) is -0.415. The highest BCUT2D eigenvalue weighted by Crippen LogP contribution is 2.57. The molecule has 7 heteroatoms. The van der Waals surface area contributed by atoms with E-state index in [2.05, 4.69) is 0 Å². The van der Waals surface area contributed by atoms with E-state index in [9.17, 15) is 20.1 Å². The van der Waals surface area contributed by atoms with E-state index in [4.69, 9.17) is 15.2 Å². The summed E-state index contributed by atoms with van der Waals surface area (Å²) in [7, 11) is 0. The predicted octanol–water partition coefficient (Wildman–Crippen LogP) is 2.74. The number of carbonyl (C=O) groups is 1. The zero-order valence-electron chi connectivity index (χ0n) is 14.5. The molecule has 0 amide bonds. The Kier molecular flexibility index (Phi) is 3.18. The van der Waals surface area contributed by atoms with Gasteiger partial charge in [-0.3, -0.25) is 0 Å². The molecule has 140 valence electrons. The van der Waals surface area contributed by atoms with E-state index < -0.39 is 18.2 Å². The molecule has 5 rings (SSSR count). The zero-order valence-corrected chi connectivity index (χ0v) is 14.5. The fourth-order valence-electron chi connectivity index (χ4n) is 4.04. The first-order chi connectivity index (χ1) is 13.5. The Morgan fingerprint density at radius 3 is 2.04 bits per heavy atom. The fourth-order valence-corrected chi connectivity index (χ4v) is 4.04. The minimum atomic E-state index is -1.35. The summed E-state index contributed by atoms with van der Waals surface area (Å²) in [4.78, 5) is 12.9. The van der Waals surface area contributed by atoms with Gasteiger partial charge in [-0.05, 0) is 30.3 Å². The number of aliphatic hydroxyl groups excluding tert-OH is 1. The van der Waals surface area contributed by atoms with E-state index in [1.165, 1.54) is 24.3 Å². The minimum Gasteiger partial charge on any atom is -0.508 e. The first-order valence-electron chi connectivity index (χ1n) is 8.56. The number of nitrogen functional groups attached to an aromatic ring is 1. The SMILES string of the molecule is Nc1ccc2c(c1CO)C(=O)OC21c2ccc(O)cc2Oc2cc(O)ccc21. The number of nitrogens with two attached hydrogens (primary N) is 1. The number of aliphatic hydroxyl groups is 1. The van der Waals surface area contributed by atoms with Gasteiger partial charge in [0.25, 0.3) is 0 Å². The first-order valence-corrected chi connectivity index (χ1v) is 8.56. The molecule has 3 aromatic rings. The van der Waals surface area contributed by atoms with Crippen molar-refractivity contribution >= 4 is 11.7 Å². The van der Waals surface area contributed by atoms with Crippen LogP contribution in [0, 0.1) is 0 Å². The number of phenolic OH excluding ortho intramolecular Hbond substituents is 2.